The van der Waals surface area contributed by atoms with Crippen LogP contribution in [0, 0.1) is 6.92 Å². The third-order valence-electron chi connectivity index (χ3n) is 4.42. The summed E-state index contributed by atoms with van der Waals surface area (Å²) in [5.41, 5.74) is 0.163. The molecule has 9 heteroatoms. The summed E-state index contributed by atoms with van der Waals surface area (Å²) < 4.78 is 45.4. The summed E-state index contributed by atoms with van der Waals surface area (Å²) in [4.78, 5) is 29.0. The molecular formula is C21H20F3N3O3. The minimum absolute atomic E-state index is 0.0213. The van der Waals surface area contributed by atoms with E-state index in [0.29, 0.717) is 12.3 Å². The van der Waals surface area contributed by atoms with Gasteiger partial charge >= 0.3 is 12.1 Å². The molecule has 2 aromatic heterocycles. The predicted octanol–water partition coefficient (Wildman–Crippen LogP) is 4.87. The summed E-state index contributed by atoms with van der Waals surface area (Å²) in [7, 11) is 0. The monoisotopic (exact) mass is 419 g/mol. The van der Waals surface area contributed by atoms with E-state index in [0.717, 1.165) is 29.5 Å². The standard InChI is InChI=1S/C21H20F3N3O3/c1-3-4-10-30-20(29)14-6-5-7-16(11-14)26-19(28)18-13(2)25-17-9-8-15(12-27(17)18)21(22,23)24/h5-9,11-12H,3-4,10H2,1-2H3,(H,26,28). The van der Waals surface area contributed by atoms with Crippen LogP contribution >= 0.6 is 0 Å². The number of imidazole rings is 1. The highest BCUT2D eigenvalue weighted by molar-refractivity contribution is 6.05. The fraction of sp³-hybridized carbons (Fsp3) is 0.286. The number of hydrogen-bond donors (Lipinski definition) is 1. The SMILES string of the molecule is CCCCOC(=O)c1cccc(NC(=O)c2c(C)nc3ccc(C(F)(F)F)cn23)c1. The van der Waals surface area contributed by atoms with Crippen LogP contribution in [-0.4, -0.2) is 27.9 Å². The molecule has 0 aliphatic rings. The van der Waals surface area contributed by atoms with Crippen LogP contribution in [0.3, 0.4) is 0 Å². The first-order chi connectivity index (χ1) is 14.2. The molecule has 0 atom stereocenters. The van der Waals surface area contributed by atoms with Crippen molar-refractivity contribution in [3.8, 4) is 0 Å². The van der Waals surface area contributed by atoms with Crippen molar-refractivity contribution in [2.24, 2.45) is 0 Å². The van der Waals surface area contributed by atoms with E-state index >= 15 is 0 Å². The molecule has 0 bridgehead atoms. The molecule has 0 radical (unpaired) electrons. The van der Waals surface area contributed by atoms with Crippen molar-refractivity contribution in [1.82, 2.24) is 9.38 Å². The Labute approximate surface area is 170 Å². The van der Waals surface area contributed by atoms with E-state index < -0.39 is 23.6 Å². The number of fused-ring (bicyclic) bond motifs is 1. The largest absolute Gasteiger partial charge is 0.462 e. The lowest BCUT2D eigenvalue weighted by Gasteiger charge is -2.10. The van der Waals surface area contributed by atoms with E-state index in [1.807, 2.05) is 6.92 Å². The van der Waals surface area contributed by atoms with Gasteiger partial charge in [-0.2, -0.15) is 13.2 Å². The zero-order valence-corrected chi connectivity index (χ0v) is 16.4. The Kier molecular flexibility index (Phi) is 6.09. The fourth-order valence-electron chi connectivity index (χ4n) is 2.91. The molecule has 3 rings (SSSR count). The van der Waals surface area contributed by atoms with Gasteiger partial charge in [0.1, 0.15) is 11.3 Å². The van der Waals surface area contributed by atoms with E-state index in [1.54, 1.807) is 18.2 Å². The molecule has 30 heavy (non-hydrogen) atoms. The number of unbranched alkanes of at least 4 members (excludes halogenated alkanes) is 1. The summed E-state index contributed by atoms with van der Waals surface area (Å²) in [6.45, 7) is 3.81. The number of esters is 1. The molecule has 1 amide bonds. The van der Waals surface area contributed by atoms with Gasteiger partial charge in [0.25, 0.3) is 5.91 Å². The van der Waals surface area contributed by atoms with Crippen molar-refractivity contribution in [2.75, 3.05) is 11.9 Å². The zero-order valence-electron chi connectivity index (χ0n) is 16.4. The number of ether oxygens (including phenoxy) is 1. The number of nitrogens with zero attached hydrogens (tertiary/aromatic N) is 2. The number of aromatic nitrogens is 2. The zero-order chi connectivity index (χ0) is 21.9. The van der Waals surface area contributed by atoms with Crippen LogP contribution in [0.5, 0.6) is 0 Å². The molecule has 0 aliphatic carbocycles. The third kappa shape index (κ3) is 4.61. The lowest BCUT2D eigenvalue weighted by Crippen LogP contribution is -2.17. The first kappa shape index (κ1) is 21.4. The van der Waals surface area contributed by atoms with Gasteiger partial charge < -0.3 is 10.1 Å². The number of benzene rings is 1. The number of pyridine rings is 1. The molecule has 0 aliphatic heterocycles. The molecule has 0 fully saturated rings. The number of amides is 1. The number of alkyl halides is 3. The molecule has 0 unspecified atom stereocenters. The first-order valence-electron chi connectivity index (χ1n) is 9.35. The highest BCUT2D eigenvalue weighted by Gasteiger charge is 2.31. The van der Waals surface area contributed by atoms with Gasteiger partial charge in [0.15, 0.2) is 0 Å². The topological polar surface area (TPSA) is 72.7 Å². The Hall–Kier alpha value is -3.36. The molecule has 2 heterocycles. The quantitative estimate of drug-likeness (QED) is 0.457. The van der Waals surface area contributed by atoms with Gasteiger partial charge in [-0.25, -0.2) is 9.78 Å². The van der Waals surface area contributed by atoms with Crippen LogP contribution in [0.15, 0.2) is 42.6 Å². The van der Waals surface area contributed by atoms with Crippen molar-refractivity contribution in [2.45, 2.75) is 32.9 Å². The second-order valence-electron chi connectivity index (χ2n) is 6.71. The lowest BCUT2D eigenvalue weighted by molar-refractivity contribution is -0.137. The van der Waals surface area contributed by atoms with Crippen LogP contribution in [0.1, 0.15) is 51.9 Å². The Bertz CT molecular complexity index is 1090. The minimum Gasteiger partial charge on any atom is -0.462 e. The molecule has 1 N–H and O–H groups in total. The minimum atomic E-state index is -4.55. The molecule has 6 nitrogen and oxygen atoms in total. The highest BCUT2D eigenvalue weighted by atomic mass is 19.4. The Morgan fingerprint density at radius 2 is 1.97 bits per heavy atom. The van der Waals surface area contributed by atoms with Gasteiger partial charge in [-0.05, 0) is 43.7 Å². The van der Waals surface area contributed by atoms with Crippen LogP contribution in [-0.2, 0) is 10.9 Å². The van der Waals surface area contributed by atoms with Gasteiger partial charge in [-0.3, -0.25) is 9.20 Å². The van der Waals surface area contributed by atoms with Crippen LogP contribution in [0.25, 0.3) is 5.65 Å². The van der Waals surface area contributed by atoms with E-state index in [9.17, 15) is 22.8 Å². The number of hydrogen-bond acceptors (Lipinski definition) is 4. The summed E-state index contributed by atoms with van der Waals surface area (Å²) >= 11 is 0. The second-order valence-corrected chi connectivity index (χ2v) is 6.71. The van der Waals surface area contributed by atoms with Crippen molar-refractivity contribution >= 4 is 23.2 Å². The maximum atomic E-state index is 13.1. The molecular weight excluding hydrogens is 399 g/mol. The van der Waals surface area contributed by atoms with E-state index in [2.05, 4.69) is 10.3 Å². The van der Waals surface area contributed by atoms with Crippen LogP contribution in [0.2, 0.25) is 0 Å². The first-order valence-corrected chi connectivity index (χ1v) is 9.35. The van der Waals surface area contributed by atoms with E-state index in [-0.39, 0.29) is 22.6 Å². The number of halogens is 3. The van der Waals surface area contributed by atoms with E-state index in [1.165, 1.54) is 19.1 Å². The molecule has 3 aromatic rings. The Morgan fingerprint density at radius 3 is 2.67 bits per heavy atom. The molecule has 0 spiro atoms. The van der Waals surface area contributed by atoms with E-state index in [4.69, 9.17) is 4.74 Å². The highest BCUT2D eigenvalue weighted by Crippen LogP contribution is 2.30. The lowest BCUT2D eigenvalue weighted by atomic mass is 10.2. The molecule has 1 aromatic carbocycles. The number of carbonyl (C=O) groups is 2. The van der Waals surface area contributed by atoms with Crippen molar-refractivity contribution in [3.63, 3.8) is 0 Å². The number of rotatable bonds is 6. The van der Waals surface area contributed by atoms with Gasteiger partial charge in [-0.1, -0.05) is 19.4 Å². The normalized spacial score (nSPS) is 11.5. The maximum Gasteiger partial charge on any atom is 0.417 e. The summed E-state index contributed by atoms with van der Waals surface area (Å²) in [6, 6.07) is 8.27. The smallest absolute Gasteiger partial charge is 0.417 e. The Balaban J connectivity index is 1.86. The van der Waals surface area contributed by atoms with Crippen molar-refractivity contribution in [1.29, 1.82) is 0 Å². The fourth-order valence-corrected chi connectivity index (χ4v) is 2.91. The van der Waals surface area contributed by atoms with Gasteiger partial charge in [-0.15, -0.1) is 0 Å². The number of carbonyl (C=O) groups excluding carboxylic acids is 2. The predicted molar refractivity (Wildman–Crippen MR) is 105 cm³/mol. The van der Waals surface area contributed by atoms with Crippen LogP contribution in [0.4, 0.5) is 18.9 Å². The third-order valence-corrected chi connectivity index (χ3v) is 4.42. The second kappa shape index (κ2) is 8.56. The summed E-state index contributed by atoms with van der Waals surface area (Å²) in [5, 5.41) is 2.61. The molecule has 158 valence electrons. The number of nitrogens with one attached hydrogen (secondary N) is 1. The number of anilines is 1. The van der Waals surface area contributed by atoms with Crippen molar-refractivity contribution in [3.05, 3.63) is 65.1 Å². The maximum absolute atomic E-state index is 13.1. The van der Waals surface area contributed by atoms with Gasteiger partial charge in [0.05, 0.1) is 23.4 Å². The number of aryl methyl sites for hydroxylation is 1. The van der Waals surface area contributed by atoms with Crippen LogP contribution < -0.4 is 5.32 Å². The Morgan fingerprint density at radius 1 is 1.20 bits per heavy atom. The summed E-state index contributed by atoms with van der Waals surface area (Å²) in [6.07, 6.45) is -2.08. The summed E-state index contributed by atoms with van der Waals surface area (Å²) in [5.74, 6) is -1.16. The van der Waals surface area contributed by atoms with Crippen molar-refractivity contribution < 1.29 is 27.5 Å². The van der Waals surface area contributed by atoms with Gasteiger partial charge in [0.2, 0.25) is 0 Å². The molecule has 0 saturated carbocycles. The van der Waals surface area contributed by atoms with Gasteiger partial charge in [0, 0.05) is 11.9 Å². The average Bonchev–Trinajstić information content (AvgIpc) is 3.02. The average molecular weight is 419 g/mol. The molecule has 0 saturated heterocycles.